The summed E-state index contributed by atoms with van der Waals surface area (Å²) in [5, 5.41) is 4.36. The van der Waals surface area contributed by atoms with Gasteiger partial charge < -0.3 is 5.73 Å². The first-order valence-corrected chi connectivity index (χ1v) is 7.10. The molecule has 1 heterocycles. The van der Waals surface area contributed by atoms with Gasteiger partial charge in [-0.1, -0.05) is 36.8 Å². The van der Waals surface area contributed by atoms with Crippen molar-refractivity contribution in [3.05, 3.63) is 53.9 Å². The summed E-state index contributed by atoms with van der Waals surface area (Å²) < 4.78 is 1.95. The van der Waals surface area contributed by atoms with Crippen LogP contribution in [0.15, 0.2) is 42.7 Å². The summed E-state index contributed by atoms with van der Waals surface area (Å²) in [6.07, 6.45) is 7.64. The summed E-state index contributed by atoms with van der Waals surface area (Å²) in [7, 11) is 0. The monoisotopic (exact) mass is 255 g/mol. The molecule has 2 N–H and O–H groups in total. The molecule has 100 valence electrons. The smallest absolute Gasteiger partial charge is 0.0537 e. The Bertz CT molecular complexity index is 540. The average molecular weight is 255 g/mol. The zero-order valence-corrected chi connectivity index (χ0v) is 11.4. The highest BCUT2D eigenvalue weighted by molar-refractivity contribution is 5.34. The highest BCUT2D eigenvalue weighted by atomic mass is 15.3. The van der Waals surface area contributed by atoms with Gasteiger partial charge in [0.1, 0.15) is 0 Å². The first-order valence-electron chi connectivity index (χ1n) is 7.10. The van der Waals surface area contributed by atoms with Crippen molar-refractivity contribution >= 4 is 0 Å². The molecule has 1 aromatic carbocycles. The van der Waals surface area contributed by atoms with E-state index in [0.29, 0.717) is 0 Å². The number of hydrogen-bond acceptors (Lipinski definition) is 2. The molecule has 1 aromatic heterocycles. The van der Waals surface area contributed by atoms with Gasteiger partial charge in [0.05, 0.1) is 6.20 Å². The maximum Gasteiger partial charge on any atom is 0.0537 e. The van der Waals surface area contributed by atoms with Gasteiger partial charge in [-0.2, -0.15) is 5.10 Å². The Hall–Kier alpha value is -1.61. The van der Waals surface area contributed by atoms with Crippen molar-refractivity contribution in [3.8, 4) is 0 Å². The van der Waals surface area contributed by atoms with Crippen LogP contribution in [-0.2, 0) is 12.0 Å². The molecule has 1 atom stereocenters. The van der Waals surface area contributed by atoms with Gasteiger partial charge in [0, 0.05) is 29.8 Å². The molecular formula is C16H21N3. The molecule has 1 unspecified atom stereocenters. The predicted molar refractivity (Wildman–Crippen MR) is 76.8 cm³/mol. The van der Waals surface area contributed by atoms with Crippen molar-refractivity contribution in [3.63, 3.8) is 0 Å². The maximum atomic E-state index is 6.58. The van der Waals surface area contributed by atoms with Crippen LogP contribution in [0.25, 0.3) is 0 Å². The molecule has 0 bridgehead atoms. The molecule has 2 aromatic rings. The third-order valence-corrected chi connectivity index (χ3v) is 4.53. The number of nitrogens with two attached hydrogens (primary N) is 1. The highest BCUT2D eigenvalue weighted by Crippen LogP contribution is 2.50. The largest absolute Gasteiger partial charge is 0.323 e. The lowest BCUT2D eigenvalue weighted by molar-refractivity contribution is 0.196. The first kappa shape index (κ1) is 12.4. The van der Waals surface area contributed by atoms with Crippen molar-refractivity contribution in [2.75, 3.05) is 0 Å². The number of nitrogens with zero attached hydrogens (tertiary/aromatic N) is 2. The standard InChI is InChI=1S/C16H21N3/c1-2-19-12-13(11-18-19)15(17)16(9-6-10-16)14-7-4-3-5-8-14/h3-5,7-8,11-12,15H,2,6,9-10,17H2,1H3. The topological polar surface area (TPSA) is 43.8 Å². The molecule has 3 nitrogen and oxygen atoms in total. The van der Waals surface area contributed by atoms with Crippen LogP contribution < -0.4 is 5.73 Å². The fourth-order valence-electron chi connectivity index (χ4n) is 3.14. The quantitative estimate of drug-likeness (QED) is 0.912. The molecule has 1 aliphatic rings. The third kappa shape index (κ3) is 1.98. The lowest BCUT2D eigenvalue weighted by atomic mass is 9.59. The number of aryl methyl sites for hydroxylation is 1. The second-order valence-corrected chi connectivity index (χ2v) is 5.48. The van der Waals surface area contributed by atoms with Crippen molar-refractivity contribution in [1.29, 1.82) is 0 Å². The van der Waals surface area contributed by atoms with Crippen molar-refractivity contribution in [2.45, 2.75) is 44.2 Å². The van der Waals surface area contributed by atoms with Gasteiger partial charge in [0.2, 0.25) is 0 Å². The van der Waals surface area contributed by atoms with Crippen LogP contribution in [-0.4, -0.2) is 9.78 Å². The van der Waals surface area contributed by atoms with E-state index in [1.54, 1.807) is 0 Å². The lowest BCUT2D eigenvalue weighted by Crippen LogP contribution is -2.44. The molecule has 0 radical (unpaired) electrons. The molecule has 3 heteroatoms. The molecule has 3 rings (SSSR count). The fourth-order valence-corrected chi connectivity index (χ4v) is 3.14. The van der Waals surface area contributed by atoms with Crippen LogP contribution in [0.1, 0.15) is 43.4 Å². The van der Waals surface area contributed by atoms with Gasteiger partial charge in [0.15, 0.2) is 0 Å². The molecule has 0 aliphatic heterocycles. The maximum absolute atomic E-state index is 6.58. The highest BCUT2D eigenvalue weighted by Gasteiger charge is 2.44. The Morgan fingerprint density at radius 3 is 2.58 bits per heavy atom. The summed E-state index contributed by atoms with van der Waals surface area (Å²) in [5.74, 6) is 0. The first-order chi connectivity index (χ1) is 9.26. The summed E-state index contributed by atoms with van der Waals surface area (Å²) in [6.45, 7) is 2.99. The average Bonchev–Trinajstić information content (AvgIpc) is 2.87. The number of hydrogen-bond donors (Lipinski definition) is 1. The van der Waals surface area contributed by atoms with E-state index in [0.717, 1.165) is 12.1 Å². The van der Waals surface area contributed by atoms with Crippen LogP contribution >= 0.6 is 0 Å². The molecule has 1 saturated carbocycles. The van der Waals surface area contributed by atoms with Crippen LogP contribution in [0.5, 0.6) is 0 Å². The Morgan fingerprint density at radius 2 is 2.05 bits per heavy atom. The van der Waals surface area contributed by atoms with Gasteiger partial charge >= 0.3 is 0 Å². The third-order valence-electron chi connectivity index (χ3n) is 4.53. The summed E-state index contributed by atoms with van der Waals surface area (Å²) in [6, 6.07) is 10.8. The zero-order valence-electron chi connectivity index (χ0n) is 11.4. The minimum Gasteiger partial charge on any atom is -0.323 e. The van der Waals surface area contributed by atoms with Crippen LogP contribution in [0.4, 0.5) is 0 Å². The normalized spacial score (nSPS) is 18.8. The second-order valence-electron chi connectivity index (χ2n) is 5.48. The minimum atomic E-state index is 0.0453. The molecule has 1 fully saturated rings. The molecular weight excluding hydrogens is 234 g/mol. The Labute approximate surface area is 114 Å². The van der Waals surface area contributed by atoms with E-state index >= 15 is 0 Å². The lowest BCUT2D eigenvalue weighted by Gasteiger charge is -2.46. The van der Waals surface area contributed by atoms with Crippen LogP contribution in [0.2, 0.25) is 0 Å². The van der Waals surface area contributed by atoms with E-state index in [1.807, 2.05) is 10.9 Å². The summed E-state index contributed by atoms with van der Waals surface area (Å²) >= 11 is 0. The second kappa shape index (κ2) is 4.82. The van der Waals surface area contributed by atoms with Crippen LogP contribution in [0.3, 0.4) is 0 Å². The number of rotatable bonds is 4. The molecule has 19 heavy (non-hydrogen) atoms. The molecule has 0 saturated heterocycles. The SMILES string of the molecule is CCn1cc(C(N)C2(c3ccccc3)CCC2)cn1. The van der Waals surface area contributed by atoms with Gasteiger partial charge in [-0.25, -0.2) is 0 Å². The molecule has 0 spiro atoms. The number of aromatic nitrogens is 2. The minimum absolute atomic E-state index is 0.0453. The van der Waals surface area contributed by atoms with Gasteiger partial charge in [-0.15, -0.1) is 0 Å². The zero-order chi connectivity index (χ0) is 13.3. The summed E-state index contributed by atoms with van der Waals surface area (Å²) in [5.41, 5.74) is 9.23. The van der Waals surface area contributed by atoms with Crippen molar-refractivity contribution in [1.82, 2.24) is 9.78 Å². The number of benzene rings is 1. The van der Waals surface area contributed by atoms with E-state index in [4.69, 9.17) is 5.73 Å². The fraction of sp³-hybridized carbons (Fsp3) is 0.438. The molecule has 1 aliphatic carbocycles. The van der Waals surface area contributed by atoms with E-state index in [-0.39, 0.29) is 11.5 Å². The Kier molecular flexibility index (Phi) is 3.15. The van der Waals surface area contributed by atoms with E-state index in [9.17, 15) is 0 Å². The van der Waals surface area contributed by atoms with Crippen molar-refractivity contribution < 1.29 is 0 Å². The summed E-state index contributed by atoms with van der Waals surface area (Å²) in [4.78, 5) is 0. The Balaban J connectivity index is 1.94. The van der Waals surface area contributed by atoms with Crippen LogP contribution in [0, 0.1) is 0 Å². The van der Waals surface area contributed by atoms with E-state index in [2.05, 4.69) is 48.6 Å². The van der Waals surface area contributed by atoms with Crippen molar-refractivity contribution in [2.24, 2.45) is 5.73 Å². The predicted octanol–water partition coefficient (Wildman–Crippen LogP) is 3.02. The van der Waals surface area contributed by atoms with E-state index < -0.39 is 0 Å². The van der Waals surface area contributed by atoms with Gasteiger partial charge in [-0.3, -0.25) is 4.68 Å². The van der Waals surface area contributed by atoms with Gasteiger partial charge in [-0.05, 0) is 25.3 Å². The molecule has 0 amide bonds. The van der Waals surface area contributed by atoms with Gasteiger partial charge in [0.25, 0.3) is 0 Å². The Morgan fingerprint density at radius 1 is 1.32 bits per heavy atom. The van der Waals surface area contributed by atoms with E-state index in [1.165, 1.54) is 24.8 Å².